The molecule has 0 bridgehead atoms. The van der Waals surface area contributed by atoms with Gasteiger partial charge in [-0.25, -0.2) is 0 Å². The minimum absolute atomic E-state index is 0.222. The van der Waals surface area contributed by atoms with Crippen LogP contribution in [0.5, 0.6) is 0 Å². The Hall–Kier alpha value is -1.14. The number of likely N-dealkylation sites (N-methyl/N-ethyl adjacent to an activating group) is 1. The van der Waals surface area contributed by atoms with Gasteiger partial charge in [0, 0.05) is 6.42 Å². The number of nitrogens with one attached hydrogen (secondary N) is 1. The van der Waals surface area contributed by atoms with Gasteiger partial charge in [-0.2, -0.15) is 0 Å². The second kappa shape index (κ2) is 12.9. The third-order valence-corrected chi connectivity index (χ3v) is 2.00. The summed E-state index contributed by atoms with van der Waals surface area (Å²) in [6.45, 7) is 4.83. The molecular weight excluding hydrogens is 224 g/mol. The Morgan fingerprint density at radius 2 is 1.76 bits per heavy atom. The number of unbranched alkanes of at least 4 members (excludes halogenated alkanes) is 1. The number of hydrogen-bond donors (Lipinski definition) is 4. The number of rotatable bonds is 8. The fourth-order valence-corrected chi connectivity index (χ4v) is 1.05. The normalized spacial score (nSPS) is 11.2. The lowest BCUT2D eigenvalue weighted by Gasteiger charge is -2.11. The molecule has 1 atom stereocenters. The largest absolute Gasteiger partial charge is 0.481 e. The summed E-state index contributed by atoms with van der Waals surface area (Å²) in [5.74, 6) is -1.51. The predicted molar refractivity (Wildman–Crippen MR) is 65.9 cm³/mol. The lowest BCUT2D eigenvalue weighted by Crippen LogP contribution is -2.36. The molecule has 6 nitrogen and oxygen atoms in total. The first-order valence-corrected chi connectivity index (χ1v) is 5.87. The maximum absolute atomic E-state index is 10.6. The van der Waals surface area contributed by atoms with Crippen molar-refractivity contribution >= 4 is 11.9 Å². The molecule has 0 aliphatic rings. The number of hydrogen-bond acceptors (Lipinski definition) is 4. The molecule has 0 aromatic rings. The zero-order valence-electron chi connectivity index (χ0n) is 10.6. The highest BCUT2D eigenvalue weighted by Crippen LogP contribution is 1.99. The van der Waals surface area contributed by atoms with Crippen LogP contribution in [-0.4, -0.2) is 41.3 Å². The van der Waals surface area contributed by atoms with E-state index in [-0.39, 0.29) is 6.42 Å². The number of carbonyl (C=O) groups is 2. The van der Waals surface area contributed by atoms with E-state index in [1.54, 1.807) is 6.92 Å². The van der Waals surface area contributed by atoms with Gasteiger partial charge in [0.2, 0.25) is 0 Å². The van der Waals surface area contributed by atoms with Crippen molar-refractivity contribution in [1.29, 1.82) is 0 Å². The molecule has 0 heterocycles. The van der Waals surface area contributed by atoms with Crippen molar-refractivity contribution in [3.63, 3.8) is 0 Å². The first-order valence-electron chi connectivity index (χ1n) is 5.87. The zero-order chi connectivity index (χ0) is 13.7. The van der Waals surface area contributed by atoms with Crippen molar-refractivity contribution in [2.45, 2.75) is 45.6 Å². The van der Waals surface area contributed by atoms with Crippen molar-refractivity contribution in [3.05, 3.63) is 0 Å². The van der Waals surface area contributed by atoms with Gasteiger partial charge < -0.3 is 21.3 Å². The van der Waals surface area contributed by atoms with Gasteiger partial charge in [0.25, 0.3) is 0 Å². The summed E-state index contributed by atoms with van der Waals surface area (Å²) >= 11 is 0. The molecule has 0 aliphatic carbocycles. The molecule has 0 saturated carbocycles. The van der Waals surface area contributed by atoms with E-state index in [2.05, 4.69) is 5.32 Å². The standard InChI is InChI=1S/C8H18N2O2.C3H6O2/c1-2-10-7(8(11)12)5-3-4-6-9;1-2-3(4)5/h7,10H,2-6,9H2,1H3,(H,11,12);2H2,1H3,(H,4,5)/t7-;/m0./s1. The monoisotopic (exact) mass is 248 g/mol. The molecule has 102 valence electrons. The van der Waals surface area contributed by atoms with Crippen molar-refractivity contribution in [2.24, 2.45) is 5.73 Å². The van der Waals surface area contributed by atoms with E-state index < -0.39 is 18.0 Å². The van der Waals surface area contributed by atoms with Crippen LogP contribution in [0.4, 0.5) is 0 Å². The summed E-state index contributed by atoms with van der Waals surface area (Å²) in [5.41, 5.74) is 5.30. The minimum atomic E-state index is -0.770. The topological polar surface area (TPSA) is 113 Å². The van der Waals surface area contributed by atoms with Gasteiger partial charge in [-0.15, -0.1) is 0 Å². The van der Waals surface area contributed by atoms with E-state index >= 15 is 0 Å². The molecule has 6 heteroatoms. The third-order valence-electron chi connectivity index (χ3n) is 2.00. The van der Waals surface area contributed by atoms with Crippen molar-refractivity contribution in [3.8, 4) is 0 Å². The van der Waals surface area contributed by atoms with Crippen LogP contribution in [-0.2, 0) is 9.59 Å². The van der Waals surface area contributed by atoms with Crippen LogP contribution in [0.15, 0.2) is 0 Å². The SMILES string of the molecule is CCC(=O)O.CCN[C@@H](CCCCN)C(=O)O. The first-order chi connectivity index (χ1) is 7.99. The van der Waals surface area contributed by atoms with E-state index in [9.17, 15) is 9.59 Å². The highest BCUT2D eigenvalue weighted by Gasteiger charge is 2.14. The van der Waals surface area contributed by atoms with Gasteiger partial charge >= 0.3 is 11.9 Å². The maximum atomic E-state index is 10.6. The van der Waals surface area contributed by atoms with Crippen LogP contribution < -0.4 is 11.1 Å². The highest BCUT2D eigenvalue weighted by atomic mass is 16.4. The number of aliphatic carboxylic acids is 2. The van der Waals surface area contributed by atoms with Crippen molar-refractivity contribution < 1.29 is 19.8 Å². The van der Waals surface area contributed by atoms with Crippen LogP contribution >= 0.6 is 0 Å². The molecule has 0 spiro atoms. The number of carboxylic acids is 2. The van der Waals surface area contributed by atoms with E-state index in [1.165, 1.54) is 0 Å². The minimum Gasteiger partial charge on any atom is -0.481 e. The van der Waals surface area contributed by atoms with Crippen LogP contribution in [0, 0.1) is 0 Å². The number of carboxylic acid groups (broad SMARTS) is 2. The fourth-order valence-electron chi connectivity index (χ4n) is 1.05. The summed E-state index contributed by atoms with van der Waals surface area (Å²) in [6.07, 6.45) is 2.66. The van der Waals surface area contributed by atoms with E-state index in [0.717, 1.165) is 12.8 Å². The second-order valence-electron chi connectivity index (χ2n) is 3.48. The van der Waals surface area contributed by atoms with Crippen LogP contribution in [0.1, 0.15) is 39.5 Å². The van der Waals surface area contributed by atoms with E-state index in [0.29, 0.717) is 19.5 Å². The van der Waals surface area contributed by atoms with Gasteiger partial charge in [-0.05, 0) is 25.9 Å². The third kappa shape index (κ3) is 14.9. The smallest absolute Gasteiger partial charge is 0.320 e. The fraction of sp³-hybridized carbons (Fsp3) is 0.818. The van der Waals surface area contributed by atoms with Gasteiger partial charge in [0.05, 0.1) is 0 Å². The molecule has 0 saturated heterocycles. The van der Waals surface area contributed by atoms with Gasteiger partial charge in [0.1, 0.15) is 6.04 Å². The highest BCUT2D eigenvalue weighted by molar-refractivity contribution is 5.73. The molecule has 0 fully saturated rings. The van der Waals surface area contributed by atoms with Crippen LogP contribution in [0.2, 0.25) is 0 Å². The predicted octanol–water partition coefficient (Wildman–Crippen LogP) is 0.659. The quantitative estimate of drug-likeness (QED) is 0.469. The molecule has 0 unspecified atom stereocenters. The zero-order valence-corrected chi connectivity index (χ0v) is 10.6. The van der Waals surface area contributed by atoms with Crippen molar-refractivity contribution in [1.82, 2.24) is 5.32 Å². The molecule has 0 aromatic carbocycles. The molecule has 0 aromatic heterocycles. The summed E-state index contributed by atoms with van der Waals surface area (Å²) in [5, 5.41) is 19.3. The van der Waals surface area contributed by atoms with Gasteiger partial charge in [-0.3, -0.25) is 9.59 Å². The molecule has 17 heavy (non-hydrogen) atoms. The van der Waals surface area contributed by atoms with Crippen LogP contribution in [0.3, 0.4) is 0 Å². The van der Waals surface area contributed by atoms with Gasteiger partial charge in [-0.1, -0.05) is 20.3 Å². The summed E-state index contributed by atoms with van der Waals surface area (Å²) < 4.78 is 0. The van der Waals surface area contributed by atoms with E-state index in [4.69, 9.17) is 15.9 Å². The lowest BCUT2D eigenvalue weighted by atomic mass is 10.1. The Morgan fingerprint density at radius 3 is 2.06 bits per heavy atom. The molecule has 0 rings (SSSR count). The molecule has 5 N–H and O–H groups in total. The van der Waals surface area contributed by atoms with Crippen molar-refractivity contribution in [2.75, 3.05) is 13.1 Å². The molecule has 0 amide bonds. The first kappa shape index (κ1) is 18.2. The maximum Gasteiger partial charge on any atom is 0.320 e. The average molecular weight is 248 g/mol. The van der Waals surface area contributed by atoms with Crippen LogP contribution in [0.25, 0.3) is 0 Å². The molecular formula is C11H24N2O4. The molecule has 0 radical (unpaired) electrons. The molecule has 0 aliphatic heterocycles. The summed E-state index contributed by atoms with van der Waals surface area (Å²) in [6, 6.07) is -0.401. The lowest BCUT2D eigenvalue weighted by molar-refractivity contribution is -0.139. The Bertz CT molecular complexity index is 210. The summed E-state index contributed by atoms with van der Waals surface area (Å²) in [7, 11) is 0. The Kier molecular flexibility index (Phi) is 13.9. The Labute approximate surface area is 102 Å². The average Bonchev–Trinajstić information content (AvgIpc) is 2.28. The van der Waals surface area contributed by atoms with E-state index in [1.807, 2.05) is 6.92 Å². The van der Waals surface area contributed by atoms with Gasteiger partial charge in [0.15, 0.2) is 0 Å². The number of nitrogens with two attached hydrogens (primary N) is 1. The second-order valence-corrected chi connectivity index (χ2v) is 3.48. The summed E-state index contributed by atoms with van der Waals surface area (Å²) in [4.78, 5) is 20.0. The Morgan fingerprint density at radius 1 is 1.24 bits per heavy atom. The Balaban J connectivity index is 0.